The molecule has 0 aromatic rings. The number of sulfonamides is 1. The second-order valence-electron chi connectivity index (χ2n) is 4.01. The summed E-state index contributed by atoms with van der Waals surface area (Å²) in [6, 6.07) is -1.19. The predicted molar refractivity (Wildman–Crippen MR) is 57.1 cm³/mol. The Morgan fingerprint density at radius 3 is 2.71 bits per heavy atom. The van der Waals surface area contributed by atoms with Crippen molar-refractivity contribution in [3.8, 4) is 0 Å². The van der Waals surface area contributed by atoms with Crippen molar-refractivity contribution in [2.45, 2.75) is 30.6 Å². The van der Waals surface area contributed by atoms with Crippen LogP contribution in [-0.2, 0) is 19.6 Å². The molecule has 0 aromatic carbocycles. The first-order valence-corrected chi connectivity index (χ1v) is 6.64. The first kappa shape index (κ1) is 11.9. The van der Waals surface area contributed by atoms with Gasteiger partial charge in [0.1, 0.15) is 6.04 Å². The van der Waals surface area contributed by atoms with E-state index in [4.69, 9.17) is 5.11 Å². The molecule has 0 bridgehead atoms. The second-order valence-corrected chi connectivity index (χ2v) is 6.13. The maximum absolute atomic E-state index is 12.0. The van der Waals surface area contributed by atoms with Gasteiger partial charge in [0.05, 0.1) is 11.7 Å². The number of aliphatic carboxylic acids is 1. The van der Waals surface area contributed by atoms with Crippen molar-refractivity contribution in [3.05, 3.63) is 12.4 Å². The Balaban J connectivity index is 2.28. The number of rotatable bonds is 4. The molecule has 1 heterocycles. The highest BCUT2D eigenvalue weighted by Crippen LogP contribution is 2.33. The van der Waals surface area contributed by atoms with Gasteiger partial charge in [-0.2, -0.15) is 0 Å². The van der Waals surface area contributed by atoms with E-state index in [1.807, 2.05) is 0 Å². The first-order valence-electron chi connectivity index (χ1n) is 5.14. The third kappa shape index (κ3) is 2.26. The molecule has 2 N–H and O–H groups in total. The summed E-state index contributed by atoms with van der Waals surface area (Å²) in [6.45, 7) is 0. The molecular weight excluding hydrogens is 248 g/mol. The lowest BCUT2D eigenvalue weighted by Gasteiger charge is -2.30. The highest BCUT2D eigenvalue weighted by Gasteiger charge is 2.44. The number of carboxylic acids is 1. The zero-order valence-electron chi connectivity index (χ0n) is 8.87. The highest BCUT2D eigenvalue weighted by atomic mass is 32.2. The Hall–Kier alpha value is -1.57. The van der Waals surface area contributed by atoms with Crippen LogP contribution in [0.15, 0.2) is 12.4 Å². The minimum absolute atomic E-state index is 0.477. The van der Waals surface area contributed by atoms with E-state index in [0.717, 1.165) is 4.31 Å². The van der Waals surface area contributed by atoms with Crippen LogP contribution in [0.3, 0.4) is 0 Å². The van der Waals surface area contributed by atoms with Gasteiger partial charge in [-0.15, -0.1) is 0 Å². The van der Waals surface area contributed by atoms with Crippen LogP contribution in [-0.4, -0.2) is 41.0 Å². The van der Waals surface area contributed by atoms with Crippen LogP contribution in [0, 0.1) is 0 Å². The maximum Gasteiger partial charge on any atom is 0.306 e. The predicted octanol–water partition coefficient (Wildman–Crippen LogP) is -0.775. The fraction of sp³-hybridized carbons (Fsp3) is 0.556. The lowest BCUT2D eigenvalue weighted by atomic mass is 10.2. The van der Waals surface area contributed by atoms with Crippen LogP contribution < -0.4 is 5.32 Å². The van der Waals surface area contributed by atoms with E-state index in [0.29, 0.717) is 12.8 Å². The average molecular weight is 260 g/mol. The molecule has 94 valence electrons. The van der Waals surface area contributed by atoms with E-state index in [2.05, 4.69) is 5.32 Å². The molecule has 0 radical (unpaired) electrons. The largest absolute Gasteiger partial charge is 0.481 e. The summed E-state index contributed by atoms with van der Waals surface area (Å²) < 4.78 is 24.8. The molecule has 0 aromatic heterocycles. The van der Waals surface area contributed by atoms with Gasteiger partial charge in [-0.1, -0.05) is 0 Å². The number of carbonyl (C=O) groups excluding carboxylic acids is 1. The highest BCUT2D eigenvalue weighted by molar-refractivity contribution is 7.90. The number of amides is 1. The molecule has 1 fully saturated rings. The summed E-state index contributed by atoms with van der Waals surface area (Å²) >= 11 is 0. The van der Waals surface area contributed by atoms with Crippen molar-refractivity contribution in [2.24, 2.45) is 0 Å². The van der Waals surface area contributed by atoms with Crippen LogP contribution in [0.25, 0.3) is 0 Å². The van der Waals surface area contributed by atoms with E-state index < -0.39 is 39.6 Å². The second kappa shape index (κ2) is 4.02. The first-order chi connectivity index (χ1) is 7.93. The minimum atomic E-state index is -3.59. The van der Waals surface area contributed by atoms with Crippen molar-refractivity contribution >= 4 is 21.9 Å². The SMILES string of the molecule is O=C(O)CC1C(=O)NC=CN1S(=O)(=O)C1CC1. The number of hydrogen-bond donors (Lipinski definition) is 2. The van der Waals surface area contributed by atoms with Gasteiger partial charge in [0.15, 0.2) is 0 Å². The Labute approximate surface area is 98.1 Å². The molecule has 7 nitrogen and oxygen atoms in total. The standard InChI is InChI=1S/C9H12N2O5S/c12-8(13)5-7-9(14)10-3-4-11(7)17(15,16)6-1-2-6/h3-4,6-7H,1-2,5H2,(H,10,14)(H,12,13). The van der Waals surface area contributed by atoms with Gasteiger partial charge in [-0.05, 0) is 12.8 Å². The molecule has 0 spiro atoms. The van der Waals surface area contributed by atoms with Crippen molar-refractivity contribution in [1.29, 1.82) is 0 Å². The summed E-state index contributed by atoms with van der Waals surface area (Å²) in [4.78, 5) is 22.1. The Morgan fingerprint density at radius 2 is 2.18 bits per heavy atom. The van der Waals surface area contributed by atoms with Gasteiger partial charge in [-0.25, -0.2) is 8.42 Å². The molecule has 1 aliphatic heterocycles. The summed E-state index contributed by atoms with van der Waals surface area (Å²) in [5.74, 6) is -1.82. The number of nitrogens with one attached hydrogen (secondary N) is 1. The summed E-state index contributed by atoms with van der Waals surface area (Å²) in [5.41, 5.74) is 0. The monoisotopic (exact) mass is 260 g/mol. The molecule has 1 amide bonds. The topological polar surface area (TPSA) is 104 Å². The van der Waals surface area contributed by atoms with Gasteiger partial charge >= 0.3 is 5.97 Å². The lowest BCUT2D eigenvalue weighted by molar-refractivity contribution is -0.140. The van der Waals surface area contributed by atoms with E-state index in [1.54, 1.807) is 0 Å². The smallest absolute Gasteiger partial charge is 0.306 e. The van der Waals surface area contributed by atoms with E-state index in [1.165, 1.54) is 12.4 Å². The molecule has 17 heavy (non-hydrogen) atoms. The van der Waals surface area contributed by atoms with Crippen LogP contribution in [0.4, 0.5) is 0 Å². The third-order valence-corrected chi connectivity index (χ3v) is 4.94. The molecule has 1 saturated carbocycles. The van der Waals surface area contributed by atoms with Crippen molar-refractivity contribution in [3.63, 3.8) is 0 Å². The van der Waals surface area contributed by atoms with Crippen LogP contribution in [0.5, 0.6) is 0 Å². The minimum Gasteiger partial charge on any atom is -0.481 e. The van der Waals surface area contributed by atoms with Crippen LogP contribution in [0.1, 0.15) is 19.3 Å². The normalized spacial score (nSPS) is 24.6. The molecular formula is C9H12N2O5S. The van der Waals surface area contributed by atoms with Crippen molar-refractivity contribution in [1.82, 2.24) is 9.62 Å². The molecule has 0 saturated heterocycles. The molecule has 2 aliphatic rings. The van der Waals surface area contributed by atoms with Gasteiger partial charge in [0, 0.05) is 12.4 Å². The Bertz CT molecular complexity index is 480. The van der Waals surface area contributed by atoms with E-state index in [-0.39, 0.29) is 0 Å². The zero-order chi connectivity index (χ0) is 12.6. The van der Waals surface area contributed by atoms with Crippen LogP contribution >= 0.6 is 0 Å². The average Bonchev–Trinajstić information content (AvgIpc) is 3.03. The molecule has 1 unspecified atom stereocenters. The van der Waals surface area contributed by atoms with E-state index >= 15 is 0 Å². The van der Waals surface area contributed by atoms with Gasteiger partial charge in [0.2, 0.25) is 15.9 Å². The summed E-state index contributed by atoms with van der Waals surface area (Å²) in [5, 5.41) is 10.5. The van der Waals surface area contributed by atoms with Gasteiger partial charge < -0.3 is 10.4 Å². The third-order valence-electron chi connectivity index (χ3n) is 2.66. The Morgan fingerprint density at radius 1 is 1.53 bits per heavy atom. The fourth-order valence-electron chi connectivity index (χ4n) is 1.66. The Kier molecular flexibility index (Phi) is 2.82. The molecule has 1 atom stereocenters. The molecule has 8 heteroatoms. The lowest BCUT2D eigenvalue weighted by Crippen LogP contribution is -2.50. The number of nitrogens with zero attached hydrogens (tertiary/aromatic N) is 1. The number of carbonyl (C=O) groups is 2. The van der Waals surface area contributed by atoms with Gasteiger partial charge in [-0.3, -0.25) is 13.9 Å². The van der Waals surface area contributed by atoms with Crippen molar-refractivity contribution < 1.29 is 23.1 Å². The maximum atomic E-state index is 12.0. The fourth-order valence-corrected chi connectivity index (χ4v) is 3.49. The van der Waals surface area contributed by atoms with E-state index in [9.17, 15) is 18.0 Å². The van der Waals surface area contributed by atoms with Crippen molar-refractivity contribution in [2.75, 3.05) is 0 Å². The quantitative estimate of drug-likeness (QED) is 0.690. The summed E-state index contributed by atoms with van der Waals surface area (Å²) in [6.07, 6.45) is 3.01. The molecule has 1 aliphatic carbocycles. The zero-order valence-corrected chi connectivity index (χ0v) is 9.68. The van der Waals surface area contributed by atoms with Crippen LogP contribution in [0.2, 0.25) is 0 Å². The number of carboxylic acid groups (broad SMARTS) is 1. The number of hydrogen-bond acceptors (Lipinski definition) is 4. The molecule has 2 rings (SSSR count). The van der Waals surface area contributed by atoms with Gasteiger partial charge in [0.25, 0.3) is 0 Å². The summed E-state index contributed by atoms with van der Waals surface area (Å²) in [7, 11) is -3.59.